The van der Waals surface area contributed by atoms with Crippen LogP contribution in [-0.2, 0) is 9.47 Å². The highest BCUT2D eigenvalue weighted by atomic mass is 16.5. The summed E-state index contributed by atoms with van der Waals surface area (Å²) in [4.78, 5) is 0. The van der Waals surface area contributed by atoms with Crippen LogP contribution in [0.1, 0.15) is 32.6 Å². The molecule has 1 N–H and O–H groups in total. The summed E-state index contributed by atoms with van der Waals surface area (Å²) in [7, 11) is 1.70. The van der Waals surface area contributed by atoms with Gasteiger partial charge in [0.05, 0.1) is 13.2 Å². The second-order valence-electron chi connectivity index (χ2n) is 3.42. The van der Waals surface area contributed by atoms with Crippen molar-refractivity contribution in [3.8, 4) is 0 Å². The third-order valence-electron chi connectivity index (χ3n) is 2.00. The molecule has 0 aliphatic carbocycles. The quantitative estimate of drug-likeness (QED) is 0.520. The smallest absolute Gasteiger partial charge is 0.0700 e. The van der Waals surface area contributed by atoms with Gasteiger partial charge in [-0.15, -0.1) is 0 Å². The zero-order valence-electron chi connectivity index (χ0n) is 9.68. The van der Waals surface area contributed by atoms with Crippen molar-refractivity contribution in [1.82, 2.24) is 5.32 Å². The molecule has 0 aromatic heterocycles. The van der Waals surface area contributed by atoms with E-state index in [1.165, 1.54) is 19.3 Å². The number of methoxy groups -OCH3 is 1. The van der Waals surface area contributed by atoms with Crippen molar-refractivity contribution in [2.24, 2.45) is 0 Å². The van der Waals surface area contributed by atoms with Crippen LogP contribution in [0.15, 0.2) is 0 Å². The van der Waals surface area contributed by atoms with Gasteiger partial charge < -0.3 is 14.8 Å². The lowest BCUT2D eigenvalue weighted by Crippen LogP contribution is -2.15. The summed E-state index contributed by atoms with van der Waals surface area (Å²) in [6, 6.07) is 0. The molecule has 0 aliphatic rings. The predicted octanol–water partition coefficient (Wildman–Crippen LogP) is 1.82. The van der Waals surface area contributed by atoms with Gasteiger partial charge in [0.25, 0.3) is 0 Å². The average Bonchev–Trinajstić information content (AvgIpc) is 2.21. The third kappa shape index (κ3) is 11.9. The summed E-state index contributed by atoms with van der Waals surface area (Å²) in [5.41, 5.74) is 0. The molecule has 3 heteroatoms. The van der Waals surface area contributed by atoms with Crippen LogP contribution in [-0.4, -0.2) is 40.0 Å². The molecular formula is C11H25NO2. The van der Waals surface area contributed by atoms with Crippen LogP contribution in [0.4, 0.5) is 0 Å². The van der Waals surface area contributed by atoms with Gasteiger partial charge in [0.1, 0.15) is 0 Å². The molecule has 0 spiro atoms. The van der Waals surface area contributed by atoms with E-state index in [0.29, 0.717) is 6.61 Å². The van der Waals surface area contributed by atoms with E-state index in [1.54, 1.807) is 7.11 Å². The first-order valence-electron chi connectivity index (χ1n) is 5.69. The van der Waals surface area contributed by atoms with Gasteiger partial charge in [-0.1, -0.05) is 6.92 Å². The first-order valence-corrected chi connectivity index (χ1v) is 5.69. The Balaban J connectivity index is 2.78. The van der Waals surface area contributed by atoms with Crippen LogP contribution < -0.4 is 5.32 Å². The van der Waals surface area contributed by atoms with Crippen molar-refractivity contribution >= 4 is 0 Å². The maximum atomic E-state index is 5.36. The Kier molecular flexibility index (Phi) is 12.8. The summed E-state index contributed by atoms with van der Waals surface area (Å²) in [5, 5.41) is 3.39. The number of ether oxygens (including phenoxy) is 2. The van der Waals surface area contributed by atoms with Crippen molar-refractivity contribution in [3.63, 3.8) is 0 Å². The summed E-state index contributed by atoms with van der Waals surface area (Å²) >= 11 is 0. The minimum Gasteiger partial charge on any atom is -0.382 e. The monoisotopic (exact) mass is 203 g/mol. The molecule has 0 saturated carbocycles. The lowest BCUT2D eigenvalue weighted by molar-refractivity contribution is 0.0686. The van der Waals surface area contributed by atoms with Gasteiger partial charge in [-0.2, -0.15) is 0 Å². The lowest BCUT2D eigenvalue weighted by atomic mass is 10.2. The van der Waals surface area contributed by atoms with Gasteiger partial charge in [-0.3, -0.25) is 0 Å². The van der Waals surface area contributed by atoms with Crippen LogP contribution in [0.5, 0.6) is 0 Å². The van der Waals surface area contributed by atoms with Crippen LogP contribution in [0.3, 0.4) is 0 Å². The topological polar surface area (TPSA) is 30.5 Å². The molecule has 0 unspecified atom stereocenters. The minimum absolute atomic E-state index is 0.706. The first-order chi connectivity index (χ1) is 6.91. The average molecular weight is 203 g/mol. The highest BCUT2D eigenvalue weighted by molar-refractivity contribution is 4.47. The van der Waals surface area contributed by atoms with Crippen molar-refractivity contribution in [2.75, 3.05) is 40.0 Å². The minimum atomic E-state index is 0.706. The van der Waals surface area contributed by atoms with Gasteiger partial charge in [-0.05, 0) is 38.8 Å². The molecule has 0 aromatic carbocycles. The Morgan fingerprint density at radius 2 is 1.79 bits per heavy atom. The summed E-state index contributed by atoms with van der Waals surface area (Å²) < 4.78 is 10.2. The summed E-state index contributed by atoms with van der Waals surface area (Å²) in [5.74, 6) is 0. The highest BCUT2D eigenvalue weighted by Crippen LogP contribution is 1.94. The summed E-state index contributed by atoms with van der Waals surface area (Å²) in [6.45, 7) is 6.78. The highest BCUT2D eigenvalue weighted by Gasteiger charge is 1.90. The van der Waals surface area contributed by atoms with Crippen molar-refractivity contribution < 1.29 is 9.47 Å². The predicted molar refractivity (Wildman–Crippen MR) is 59.7 cm³/mol. The molecular weight excluding hydrogens is 178 g/mol. The zero-order valence-corrected chi connectivity index (χ0v) is 9.68. The zero-order chi connectivity index (χ0) is 10.5. The molecule has 0 bridgehead atoms. The number of hydrogen-bond donors (Lipinski definition) is 1. The molecule has 0 aromatic rings. The number of hydrogen-bond acceptors (Lipinski definition) is 3. The fourth-order valence-corrected chi connectivity index (χ4v) is 1.18. The Morgan fingerprint density at radius 1 is 0.929 bits per heavy atom. The molecule has 0 fully saturated rings. The number of nitrogens with one attached hydrogen (secondary N) is 1. The Morgan fingerprint density at radius 3 is 2.50 bits per heavy atom. The molecule has 0 amide bonds. The van der Waals surface area contributed by atoms with E-state index in [-0.39, 0.29) is 0 Å². The van der Waals surface area contributed by atoms with Gasteiger partial charge in [0.15, 0.2) is 0 Å². The van der Waals surface area contributed by atoms with E-state index in [9.17, 15) is 0 Å². The fourth-order valence-electron chi connectivity index (χ4n) is 1.18. The second-order valence-corrected chi connectivity index (χ2v) is 3.42. The molecule has 0 saturated heterocycles. The van der Waals surface area contributed by atoms with Gasteiger partial charge in [-0.25, -0.2) is 0 Å². The van der Waals surface area contributed by atoms with Crippen molar-refractivity contribution in [2.45, 2.75) is 32.6 Å². The first kappa shape index (κ1) is 13.9. The molecule has 86 valence electrons. The second kappa shape index (κ2) is 12.9. The van der Waals surface area contributed by atoms with Crippen molar-refractivity contribution in [1.29, 1.82) is 0 Å². The van der Waals surface area contributed by atoms with Crippen LogP contribution in [0.25, 0.3) is 0 Å². The van der Waals surface area contributed by atoms with E-state index in [4.69, 9.17) is 9.47 Å². The largest absolute Gasteiger partial charge is 0.382 e. The van der Waals surface area contributed by atoms with E-state index in [2.05, 4.69) is 12.2 Å². The normalized spacial score (nSPS) is 10.7. The lowest BCUT2D eigenvalue weighted by Gasteiger charge is -2.04. The number of rotatable bonds is 11. The van der Waals surface area contributed by atoms with E-state index in [1.807, 2.05) is 0 Å². The van der Waals surface area contributed by atoms with E-state index in [0.717, 1.165) is 32.7 Å². The van der Waals surface area contributed by atoms with Gasteiger partial charge in [0, 0.05) is 13.7 Å². The molecule has 0 radical (unpaired) electrons. The van der Waals surface area contributed by atoms with Gasteiger partial charge >= 0.3 is 0 Å². The summed E-state index contributed by atoms with van der Waals surface area (Å²) in [6.07, 6.45) is 4.90. The standard InChI is InChI=1S/C11H25NO2/c1-3-7-12-8-5-4-6-9-14-11-10-13-2/h12H,3-11H2,1-2H3. The maximum absolute atomic E-state index is 5.36. The van der Waals surface area contributed by atoms with E-state index < -0.39 is 0 Å². The third-order valence-corrected chi connectivity index (χ3v) is 2.00. The maximum Gasteiger partial charge on any atom is 0.0700 e. The Bertz CT molecular complexity index is 87.3. The van der Waals surface area contributed by atoms with Crippen molar-refractivity contribution in [3.05, 3.63) is 0 Å². The molecule has 0 aliphatic heterocycles. The molecule has 0 heterocycles. The van der Waals surface area contributed by atoms with Crippen LogP contribution in [0.2, 0.25) is 0 Å². The van der Waals surface area contributed by atoms with Gasteiger partial charge in [0.2, 0.25) is 0 Å². The van der Waals surface area contributed by atoms with Crippen LogP contribution in [0, 0.1) is 0 Å². The molecule has 0 atom stereocenters. The SMILES string of the molecule is CCCNCCCCCOCCOC. The molecule has 3 nitrogen and oxygen atoms in total. The number of unbranched alkanes of at least 4 members (excludes halogenated alkanes) is 2. The fraction of sp³-hybridized carbons (Fsp3) is 1.00. The Labute approximate surface area is 88.2 Å². The molecule has 14 heavy (non-hydrogen) atoms. The molecule has 0 rings (SSSR count). The van der Waals surface area contributed by atoms with Crippen LogP contribution >= 0.6 is 0 Å². The van der Waals surface area contributed by atoms with E-state index >= 15 is 0 Å². The Hall–Kier alpha value is -0.120.